The largest absolute Gasteiger partial charge is 0.460 e. The Balaban J connectivity index is 1.92. The number of ether oxygens (including phenoxy) is 1. The van der Waals surface area contributed by atoms with Gasteiger partial charge in [0.25, 0.3) is 0 Å². The van der Waals surface area contributed by atoms with Gasteiger partial charge >= 0.3 is 5.97 Å². The van der Waals surface area contributed by atoms with Crippen molar-refractivity contribution >= 4 is 11.9 Å². The molecule has 1 amide bonds. The van der Waals surface area contributed by atoms with E-state index in [0.29, 0.717) is 18.5 Å². The first kappa shape index (κ1) is 27.9. The molecule has 32 heavy (non-hydrogen) atoms. The zero-order valence-corrected chi connectivity index (χ0v) is 20.5. The van der Waals surface area contributed by atoms with Gasteiger partial charge in [0.1, 0.15) is 6.61 Å². The Bertz CT molecular complexity index is 627. The van der Waals surface area contributed by atoms with Gasteiger partial charge in [-0.2, -0.15) is 0 Å². The molecular formula is C28H45NO3. The van der Waals surface area contributed by atoms with Gasteiger partial charge in [-0.15, -0.1) is 0 Å². The lowest BCUT2D eigenvalue weighted by molar-refractivity contribution is -0.130. The van der Waals surface area contributed by atoms with E-state index in [-0.39, 0.29) is 18.5 Å². The van der Waals surface area contributed by atoms with Gasteiger partial charge in [-0.3, -0.25) is 4.79 Å². The van der Waals surface area contributed by atoms with Crippen molar-refractivity contribution in [3.8, 4) is 0 Å². The number of amides is 1. The van der Waals surface area contributed by atoms with Crippen molar-refractivity contribution in [3.05, 3.63) is 48.0 Å². The lowest BCUT2D eigenvalue weighted by Crippen LogP contribution is -2.30. The van der Waals surface area contributed by atoms with E-state index in [4.69, 9.17) is 4.74 Å². The minimum absolute atomic E-state index is 0.124. The number of hydrogen-bond acceptors (Lipinski definition) is 3. The SMILES string of the molecule is CCCCCCCC/C=C\CCCCCCCC(=O)N(C)CCOC(=O)c1ccccc1. The van der Waals surface area contributed by atoms with Crippen LogP contribution in [0.1, 0.15) is 107 Å². The summed E-state index contributed by atoms with van der Waals surface area (Å²) in [5.41, 5.74) is 0.537. The van der Waals surface area contributed by atoms with Gasteiger partial charge in [-0.25, -0.2) is 4.79 Å². The number of esters is 1. The van der Waals surface area contributed by atoms with Crippen LogP contribution in [0.4, 0.5) is 0 Å². The van der Waals surface area contributed by atoms with Crippen LogP contribution in [0.15, 0.2) is 42.5 Å². The van der Waals surface area contributed by atoms with Crippen molar-refractivity contribution in [2.45, 2.75) is 96.8 Å². The second-order valence-corrected chi connectivity index (χ2v) is 8.65. The Hall–Kier alpha value is -2.10. The molecule has 0 atom stereocenters. The third kappa shape index (κ3) is 14.8. The molecule has 1 aromatic carbocycles. The van der Waals surface area contributed by atoms with E-state index in [9.17, 15) is 9.59 Å². The lowest BCUT2D eigenvalue weighted by atomic mass is 10.1. The Morgan fingerprint density at radius 2 is 1.38 bits per heavy atom. The minimum Gasteiger partial charge on any atom is -0.460 e. The van der Waals surface area contributed by atoms with E-state index in [1.807, 2.05) is 6.07 Å². The second kappa shape index (κ2) is 19.6. The molecule has 0 bridgehead atoms. The Labute approximate surface area is 196 Å². The normalized spacial score (nSPS) is 11.1. The molecule has 0 aliphatic carbocycles. The molecule has 0 saturated heterocycles. The third-order valence-corrected chi connectivity index (χ3v) is 5.75. The number of benzene rings is 1. The predicted molar refractivity (Wildman–Crippen MR) is 134 cm³/mol. The van der Waals surface area contributed by atoms with Crippen molar-refractivity contribution in [3.63, 3.8) is 0 Å². The molecule has 0 aliphatic heterocycles. The fraction of sp³-hybridized carbons (Fsp3) is 0.643. The van der Waals surface area contributed by atoms with Crippen LogP contribution in [0.3, 0.4) is 0 Å². The quantitative estimate of drug-likeness (QED) is 0.128. The van der Waals surface area contributed by atoms with Gasteiger partial charge in [0.05, 0.1) is 12.1 Å². The van der Waals surface area contributed by atoms with Crippen LogP contribution in [-0.4, -0.2) is 37.0 Å². The minimum atomic E-state index is -0.344. The number of carbonyl (C=O) groups excluding carboxylic acids is 2. The molecule has 1 rings (SSSR count). The van der Waals surface area contributed by atoms with Crippen LogP contribution in [0.5, 0.6) is 0 Å². The summed E-state index contributed by atoms with van der Waals surface area (Å²) < 4.78 is 5.24. The lowest BCUT2D eigenvalue weighted by Gasteiger charge is -2.17. The van der Waals surface area contributed by atoms with Gasteiger partial charge in [-0.05, 0) is 44.2 Å². The summed E-state index contributed by atoms with van der Waals surface area (Å²) in [6.07, 6.45) is 21.6. The molecule has 0 unspecified atom stereocenters. The summed E-state index contributed by atoms with van der Waals surface area (Å²) in [6.45, 7) is 2.92. The first-order valence-corrected chi connectivity index (χ1v) is 12.8. The second-order valence-electron chi connectivity index (χ2n) is 8.65. The standard InChI is InChI=1S/C28H45NO3/c1-3-4-5-6-7-8-9-10-11-12-13-14-15-16-20-23-27(30)29(2)24-25-32-28(31)26-21-18-17-19-22-26/h10-11,17-19,21-22H,3-9,12-16,20,23-25H2,1-2H3/b11-10-. The maximum Gasteiger partial charge on any atom is 0.338 e. The van der Waals surface area contributed by atoms with Gasteiger partial charge in [0.2, 0.25) is 5.91 Å². The molecule has 180 valence electrons. The number of unbranched alkanes of at least 4 members (excludes halogenated alkanes) is 11. The Kier molecular flexibility index (Phi) is 17.1. The number of carbonyl (C=O) groups is 2. The molecule has 0 radical (unpaired) electrons. The van der Waals surface area contributed by atoms with Crippen molar-refractivity contribution in [2.24, 2.45) is 0 Å². The highest BCUT2D eigenvalue weighted by Gasteiger charge is 2.10. The number of hydrogen-bond donors (Lipinski definition) is 0. The molecule has 0 aliphatic rings. The maximum atomic E-state index is 12.2. The summed E-state index contributed by atoms with van der Waals surface area (Å²) in [5.74, 6) is -0.220. The summed E-state index contributed by atoms with van der Waals surface area (Å²) in [5, 5.41) is 0. The van der Waals surface area contributed by atoms with Gasteiger partial charge in [0, 0.05) is 13.5 Å². The molecular weight excluding hydrogens is 398 g/mol. The van der Waals surface area contributed by atoms with E-state index in [1.54, 1.807) is 36.2 Å². The predicted octanol–water partition coefficient (Wildman–Crippen LogP) is 7.34. The Morgan fingerprint density at radius 1 is 0.812 bits per heavy atom. The van der Waals surface area contributed by atoms with Crippen molar-refractivity contribution in [1.82, 2.24) is 4.90 Å². The molecule has 0 heterocycles. The van der Waals surface area contributed by atoms with Crippen LogP contribution < -0.4 is 0 Å². The number of likely N-dealkylation sites (N-methyl/N-ethyl adjacent to an activating group) is 1. The monoisotopic (exact) mass is 443 g/mol. The first-order chi connectivity index (χ1) is 15.6. The summed E-state index contributed by atoms with van der Waals surface area (Å²) >= 11 is 0. The van der Waals surface area contributed by atoms with Crippen LogP contribution in [0.25, 0.3) is 0 Å². The van der Waals surface area contributed by atoms with Gasteiger partial charge < -0.3 is 9.64 Å². The number of nitrogens with zero attached hydrogens (tertiary/aromatic N) is 1. The van der Waals surface area contributed by atoms with Gasteiger partial charge in [0.15, 0.2) is 0 Å². The zero-order chi connectivity index (χ0) is 23.3. The summed E-state index contributed by atoms with van der Waals surface area (Å²) in [7, 11) is 1.77. The van der Waals surface area contributed by atoms with Crippen molar-refractivity contribution in [2.75, 3.05) is 20.2 Å². The van der Waals surface area contributed by atoms with Crippen molar-refractivity contribution in [1.29, 1.82) is 0 Å². The van der Waals surface area contributed by atoms with E-state index in [0.717, 1.165) is 12.8 Å². The summed E-state index contributed by atoms with van der Waals surface area (Å²) in [6, 6.07) is 8.92. The van der Waals surface area contributed by atoms with E-state index in [2.05, 4.69) is 19.1 Å². The van der Waals surface area contributed by atoms with Gasteiger partial charge in [-0.1, -0.05) is 88.6 Å². The smallest absolute Gasteiger partial charge is 0.338 e. The molecule has 0 aromatic heterocycles. The van der Waals surface area contributed by atoms with Crippen molar-refractivity contribution < 1.29 is 14.3 Å². The van der Waals surface area contributed by atoms with Crippen LogP contribution in [0, 0.1) is 0 Å². The fourth-order valence-corrected chi connectivity index (χ4v) is 3.60. The van der Waals surface area contributed by atoms with Crippen LogP contribution in [-0.2, 0) is 9.53 Å². The molecule has 4 nitrogen and oxygen atoms in total. The van der Waals surface area contributed by atoms with E-state index < -0.39 is 0 Å². The molecule has 0 fully saturated rings. The first-order valence-electron chi connectivity index (χ1n) is 12.8. The highest BCUT2D eigenvalue weighted by atomic mass is 16.5. The molecule has 0 N–H and O–H groups in total. The van der Waals surface area contributed by atoms with E-state index >= 15 is 0 Å². The van der Waals surface area contributed by atoms with E-state index in [1.165, 1.54) is 70.6 Å². The fourth-order valence-electron chi connectivity index (χ4n) is 3.60. The zero-order valence-electron chi connectivity index (χ0n) is 20.5. The van der Waals surface area contributed by atoms with Crippen LogP contribution >= 0.6 is 0 Å². The number of allylic oxidation sites excluding steroid dienone is 2. The number of rotatable bonds is 19. The third-order valence-electron chi connectivity index (χ3n) is 5.75. The highest BCUT2D eigenvalue weighted by molar-refractivity contribution is 5.89. The molecule has 0 saturated carbocycles. The average Bonchev–Trinajstić information content (AvgIpc) is 2.81. The topological polar surface area (TPSA) is 46.6 Å². The Morgan fingerprint density at radius 3 is 2.00 bits per heavy atom. The molecule has 4 heteroatoms. The molecule has 1 aromatic rings. The average molecular weight is 444 g/mol. The maximum absolute atomic E-state index is 12.2. The van der Waals surface area contributed by atoms with Crippen LogP contribution in [0.2, 0.25) is 0 Å². The highest BCUT2D eigenvalue weighted by Crippen LogP contribution is 2.10. The summed E-state index contributed by atoms with van der Waals surface area (Å²) in [4.78, 5) is 25.8. The molecule has 0 spiro atoms.